The van der Waals surface area contributed by atoms with Gasteiger partial charge in [0.1, 0.15) is 5.75 Å². The van der Waals surface area contributed by atoms with Crippen molar-refractivity contribution in [2.75, 3.05) is 0 Å². The van der Waals surface area contributed by atoms with Gasteiger partial charge in [-0.3, -0.25) is 0 Å². The summed E-state index contributed by atoms with van der Waals surface area (Å²) in [6.45, 7) is 19.5. The smallest absolute Gasteiger partial charge is 0.511 e. The number of hydrogen-bond acceptors (Lipinski definition) is 3. The first-order valence-corrected chi connectivity index (χ1v) is 15.2. The Hall–Kier alpha value is -2.13. The average molecular weight is 492 g/mol. The van der Waals surface area contributed by atoms with Gasteiger partial charge >= 0.3 is 92.6 Å². The van der Waals surface area contributed by atoms with Gasteiger partial charge in [-0.2, -0.15) is 0 Å². The number of fused-ring (bicyclic) bond motifs is 4. The molecule has 0 bridgehead atoms. The van der Waals surface area contributed by atoms with Crippen LogP contribution in [0.25, 0.3) is 32.3 Å². The summed E-state index contributed by atoms with van der Waals surface area (Å²) in [6, 6.07) is 22.1. The molecule has 0 aliphatic rings. The third kappa shape index (κ3) is 5.51. The van der Waals surface area contributed by atoms with Crippen LogP contribution in [-0.4, -0.2) is 40.0 Å². The van der Waals surface area contributed by atoms with Crippen molar-refractivity contribution in [1.29, 1.82) is 0 Å². The van der Waals surface area contributed by atoms with E-state index in [1.165, 1.54) is 5.39 Å². The van der Waals surface area contributed by atoms with Crippen molar-refractivity contribution in [2.45, 2.75) is 78.0 Å². The molecule has 35 heavy (non-hydrogen) atoms. The van der Waals surface area contributed by atoms with Gasteiger partial charge in [0.2, 0.25) is 0 Å². The van der Waals surface area contributed by atoms with E-state index in [-0.39, 0.29) is 0 Å². The molecule has 0 fully saturated rings. The van der Waals surface area contributed by atoms with Crippen molar-refractivity contribution in [2.24, 2.45) is 0 Å². The first kappa shape index (κ1) is 27.5. The van der Waals surface area contributed by atoms with Crippen molar-refractivity contribution >= 4 is 46.9 Å². The molecule has 0 unspecified atom stereocenters. The number of benzene rings is 4. The van der Waals surface area contributed by atoms with Gasteiger partial charge in [0.25, 0.3) is 0 Å². The molecule has 0 amide bonds. The Balaban J connectivity index is 0.000000228. The Bertz CT molecular complexity index is 1240. The zero-order valence-electron chi connectivity index (χ0n) is 22.5. The van der Waals surface area contributed by atoms with E-state index in [0.717, 1.165) is 49.6 Å². The Morgan fingerprint density at radius 3 is 1.57 bits per heavy atom. The molecule has 4 aromatic rings. The van der Waals surface area contributed by atoms with E-state index in [0.29, 0.717) is 5.75 Å². The van der Waals surface area contributed by atoms with Gasteiger partial charge < -0.3 is 14.7 Å². The van der Waals surface area contributed by atoms with Gasteiger partial charge in [-0.1, -0.05) is 48.5 Å². The molecule has 5 heteroatoms. The average Bonchev–Trinajstić information content (AvgIpc) is 2.77. The summed E-state index contributed by atoms with van der Waals surface area (Å²) in [5.74, 6) is 0.466. The minimum Gasteiger partial charge on any atom is -0.511 e. The summed E-state index contributed by atoms with van der Waals surface area (Å²) >= 11 is 0. The maximum absolute atomic E-state index is 9.14. The first-order valence-electron chi connectivity index (χ1n) is 12.9. The predicted octanol–water partition coefficient (Wildman–Crippen LogP) is 7.86. The number of rotatable bonds is 6. The zero-order chi connectivity index (χ0) is 25.9. The van der Waals surface area contributed by atoms with Gasteiger partial charge in [0.05, 0.1) is 0 Å². The van der Waals surface area contributed by atoms with Crippen LogP contribution in [0.4, 0.5) is 0 Å². The molecule has 4 rings (SSSR count). The Kier molecular flexibility index (Phi) is 8.86. The summed E-state index contributed by atoms with van der Waals surface area (Å²) in [4.78, 5) is 0. The second kappa shape index (κ2) is 11.3. The maximum Gasteiger partial charge on any atom is 0.707 e. The van der Waals surface area contributed by atoms with E-state index in [9.17, 15) is 0 Å². The molecule has 0 saturated heterocycles. The molecule has 0 aliphatic carbocycles. The monoisotopic (exact) mass is 492 g/mol. The van der Waals surface area contributed by atoms with Crippen LogP contribution in [0.5, 0.6) is 5.75 Å². The zero-order valence-corrected chi connectivity index (χ0v) is 23.5. The molecule has 0 radical (unpaired) electrons. The quantitative estimate of drug-likeness (QED) is 0.125. The minimum absolute atomic E-state index is 0.466. The van der Waals surface area contributed by atoms with E-state index in [1.807, 2.05) is 30.3 Å². The predicted molar refractivity (Wildman–Crippen MR) is 159 cm³/mol. The molecule has 0 aliphatic heterocycles. The third-order valence-corrected chi connectivity index (χ3v) is 15.9. The second-order valence-corrected chi connectivity index (χ2v) is 17.5. The first-order chi connectivity index (χ1) is 16.5. The summed E-state index contributed by atoms with van der Waals surface area (Å²) in [7, 11) is -2.94. The maximum atomic E-state index is 9.14. The molecule has 0 saturated carbocycles. The van der Waals surface area contributed by atoms with Gasteiger partial charge in [-0.15, -0.1) is 0 Å². The van der Waals surface area contributed by atoms with Crippen molar-refractivity contribution in [3.05, 3.63) is 66.7 Å². The summed E-state index contributed by atoms with van der Waals surface area (Å²) in [5, 5.41) is 24.6. The molecular weight excluding hydrogens is 450 g/mol. The van der Waals surface area contributed by atoms with Gasteiger partial charge in [-0.25, -0.2) is 0 Å². The Morgan fingerprint density at radius 1 is 0.600 bits per heavy atom. The van der Waals surface area contributed by atoms with Crippen LogP contribution in [0.1, 0.15) is 55.4 Å². The van der Waals surface area contributed by atoms with E-state index >= 15 is 0 Å². The molecule has 4 aromatic carbocycles. The molecule has 2 N–H and O–H groups in total. The van der Waals surface area contributed by atoms with Crippen molar-refractivity contribution in [3.63, 3.8) is 0 Å². The second-order valence-electron chi connectivity index (χ2n) is 10.9. The van der Waals surface area contributed by atoms with E-state index in [1.54, 1.807) is 6.07 Å². The summed E-state index contributed by atoms with van der Waals surface area (Å²) in [5.41, 5.74) is 3.64. The Morgan fingerprint density at radius 2 is 1.09 bits per heavy atom. The van der Waals surface area contributed by atoms with Crippen LogP contribution >= 0.6 is 7.26 Å². The summed E-state index contributed by atoms with van der Waals surface area (Å²) in [6.07, 6.45) is 0. The molecule has 0 heterocycles. The van der Waals surface area contributed by atoms with Crippen LogP contribution in [0.2, 0.25) is 0 Å². The fraction of sp³-hybridized carbons (Fsp3) is 0.400. The molecule has 188 valence electrons. The van der Waals surface area contributed by atoms with Gasteiger partial charge in [0, 0.05) is 5.39 Å². The van der Waals surface area contributed by atoms with Gasteiger partial charge in [0.15, 0.2) is 0 Å². The van der Waals surface area contributed by atoms with Crippen molar-refractivity contribution < 1.29 is 14.7 Å². The van der Waals surface area contributed by atoms with Crippen molar-refractivity contribution in [3.8, 4) is 5.75 Å². The van der Waals surface area contributed by atoms with Crippen LogP contribution in [-0.2, 0) is 0 Å². The fourth-order valence-corrected chi connectivity index (χ4v) is 15.0. The molecular formula is C30H42BO3P. The van der Waals surface area contributed by atoms with E-state index < -0.39 is 14.6 Å². The molecule has 3 nitrogen and oxygen atoms in total. The molecule has 0 atom stereocenters. The third-order valence-electron chi connectivity index (χ3n) is 7.92. The van der Waals surface area contributed by atoms with Crippen LogP contribution < -0.4 is 4.65 Å². The molecule has 0 aromatic heterocycles. The standard InChI is InChI=1S/C18H13BO3.C12H29P/c20-19(21)22-17-7-3-6-12-8-9-15-10-13-4-1-2-5-14(13)11-16(15)18(12)17;1-9(2)13(10(3)4,11(5)6)12(7)8/h1-11,20-21H;9-13H,1-8H3. The molecule has 0 spiro atoms. The minimum atomic E-state index is -1.83. The van der Waals surface area contributed by atoms with Crippen LogP contribution in [0, 0.1) is 0 Å². The van der Waals surface area contributed by atoms with E-state index in [4.69, 9.17) is 14.7 Å². The van der Waals surface area contributed by atoms with Crippen LogP contribution in [0.15, 0.2) is 66.7 Å². The van der Waals surface area contributed by atoms with Crippen molar-refractivity contribution in [1.82, 2.24) is 0 Å². The summed E-state index contributed by atoms with van der Waals surface area (Å²) < 4.78 is 5.16. The Labute approximate surface area is 212 Å². The normalized spacial score (nSPS) is 12.6. The van der Waals surface area contributed by atoms with Crippen LogP contribution in [0.3, 0.4) is 0 Å². The topological polar surface area (TPSA) is 49.7 Å². The fourth-order valence-electron chi connectivity index (χ4n) is 6.98. The largest absolute Gasteiger partial charge is 0.707 e. The number of hydrogen-bond donors (Lipinski definition) is 2. The van der Waals surface area contributed by atoms with Gasteiger partial charge in [-0.05, 0) is 45.1 Å². The SMILES string of the molecule is CC(C)[PH](C(C)C)(C(C)C)C(C)C.OB(O)Oc1cccc2ccc3cc4ccccc4cc3c12. The van der Waals surface area contributed by atoms with E-state index in [2.05, 4.69) is 85.7 Å².